The standard InChI is InChI=1S/C23H30N2O4/c1-16(29-20-12-8-18(9-13-20)23(2,3)4)21(26)25-19-10-6-17(7-11-19)22(27)24-14-15-28-5/h6-13,16H,14-15H2,1-5H3,(H,24,27)(H,25,26). The average molecular weight is 399 g/mol. The summed E-state index contributed by atoms with van der Waals surface area (Å²) in [6, 6.07) is 14.5. The van der Waals surface area contributed by atoms with Gasteiger partial charge in [-0.2, -0.15) is 0 Å². The highest BCUT2D eigenvalue weighted by Crippen LogP contribution is 2.24. The van der Waals surface area contributed by atoms with Crippen LogP contribution in [0.25, 0.3) is 0 Å². The van der Waals surface area contributed by atoms with E-state index < -0.39 is 6.10 Å². The largest absolute Gasteiger partial charge is 0.481 e. The lowest BCUT2D eigenvalue weighted by molar-refractivity contribution is -0.122. The van der Waals surface area contributed by atoms with Gasteiger partial charge in [0.25, 0.3) is 11.8 Å². The molecule has 0 spiro atoms. The minimum atomic E-state index is -0.660. The summed E-state index contributed by atoms with van der Waals surface area (Å²) < 4.78 is 10.6. The Morgan fingerprint density at radius 2 is 1.62 bits per heavy atom. The number of carbonyl (C=O) groups is 2. The van der Waals surface area contributed by atoms with Crippen molar-refractivity contribution in [3.63, 3.8) is 0 Å². The Labute approximate surface area is 172 Å². The molecule has 0 saturated heterocycles. The van der Waals surface area contributed by atoms with Crippen LogP contribution in [0.3, 0.4) is 0 Å². The molecule has 2 amide bonds. The summed E-state index contributed by atoms with van der Waals surface area (Å²) in [6.45, 7) is 9.04. The van der Waals surface area contributed by atoms with Crippen LogP contribution in [0.2, 0.25) is 0 Å². The molecule has 6 heteroatoms. The predicted molar refractivity (Wildman–Crippen MR) is 115 cm³/mol. The monoisotopic (exact) mass is 398 g/mol. The van der Waals surface area contributed by atoms with Gasteiger partial charge in [0, 0.05) is 24.9 Å². The van der Waals surface area contributed by atoms with Crippen molar-refractivity contribution in [2.24, 2.45) is 0 Å². The molecule has 0 aliphatic rings. The molecule has 156 valence electrons. The van der Waals surface area contributed by atoms with Crippen molar-refractivity contribution in [2.75, 3.05) is 25.6 Å². The fourth-order valence-electron chi connectivity index (χ4n) is 2.61. The normalized spacial score (nSPS) is 12.2. The molecule has 2 rings (SSSR count). The molecule has 0 heterocycles. The van der Waals surface area contributed by atoms with Crippen LogP contribution >= 0.6 is 0 Å². The third-order valence-electron chi connectivity index (χ3n) is 4.41. The molecule has 2 aromatic rings. The van der Waals surface area contributed by atoms with Gasteiger partial charge in [0.2, 0.25) is 0 Å². The lowest BCUT2D eigenvalue weighted by atomic mass is 9.87. The maximum Gasteiger partial charge on any atom is 0.265 e. The second kappa shape index (κ2) is 10.1. The van der Waals surface area contributed by atoms with Gasteiger partial charge in [-0.15, -0.1) is 0 Å². The first-order chi connectivity index (χ1) is 13.7. The Hall–Kier alpha value is -2.86. The maximum absolute atomic E-state index is 12.4. The molecule has 0 aromatic heterocycles. The molecule has 2 N–H and O–H groups in total. The van der Waals surface area contributed by atoms with Crippen molar-refractivity contribution in [2.45, 2.75) is 39.2 Å². The van der Waals surface area contributed by atoms with E-state index in [0.717, 1.165) is 0 Å². The number of methoxy groups -OCH3 is 1. The van der Waals surface area contributed by atoms with E-state index in [-0.39, 0.29) is 17.2 Å². The van der Waals surface area contributed by atoms with Crippen LogP contribution in [-0.2, 0) is 14.9 Å². The van der Waals surface area contributed by atoms with E-state index in [0.29, 0.717) is 30.2 Å². The maximum atomic E-state index is 12.4. The molecular formula is C23H30N2O4. The summed E-state index contributed by atoms with van der Waals surface area (Å²) in [5.74, 6) is 0.196. The second-order valence-corrected chi connectivity index (χ2v) is 7.85. The van der Waals surface area contributed by atoms with Crippen molar-refractivity contribution in [3.05, 3.63) is 59.7 Å². The van der Waals surface area contributed by atoms with Crippen molar-refractivity contribution < 1.29 is 19.1 Å². The third-order valence-corrected chi connectivity index (χ3v) is 4.41. The number of ether oxygens (including phenoxy) is 2. The second-order valence-electron chi connectivity index (χ2n) is 7.85. The molecule has 2 aromatic carbocycles. The summed E-state index contributed by atoms with van der Waals surface area (Å²) in [6.07, 6.45) is -0.660. The lowest BCUT2D eigenvalue weighted by Gasteiger charge is -2.20. The number of anilines is 1. The molecule has 0 aliphatic carbocycles. The Kier molecular flexibility index (Phi) is 7.79. The molecule has 0 bridgehead atoms. The van der Waals surface area contributed by atoms with Gasteiger partial charge in [0.05, 0.1) is 6.61 Å². The van der Waals surface area contributed by atoms with Crippen molar-refractivity contribution in [1.29, 1.82) is 0 Å². The zero-order chi connectivity index (χ0) is 21.4. The SMILES string of the molecule is COCCNC(=O)c1ccc(NC(=O)C(C)Oc2ccc(C(C)(C)C)cc2)cc1. The first kappa shape index (κ1) is 22.4. The molecule has 1 unspecified atom stereocenters. The van der Waals surface area contributed by atoms with E-state index in [1.165, 1.54) is 5.56 Å². The number of benzene rings is 2. The van der Waals surface area contributed by atoms with Crippen molar-refractivity contribution >= 4 is 17.5 Å². The third kappa shape index (κ3) is 6.91. The van der Waals surface area contributed by atoms with E-state index >= 15 is 0 Å². The topological polar surface area (TPSA) is 76.7 Å². The molecule has 29 heavy (non-hydrogen) atoms. The summed E-state index contributed by atoms with van der Waals surface area (Å²) in [5.41, 5.74) is 2.38. The van der Waals surface area contributed by atoms with Crippen LogP contribution in [0.15, 0.2) is 48.5 Å². The van der Waals surface area contributed by atoms with Crippen LogP contribution < -0.4 is 15.4 Å². The zero-order valence-electron chi connectivity index (χ0n) is 17.7. The number of nitrogens with one attached hydrogen (secondary N) is 2. The van der Waals surface area contributed by atoms with Crippen LogP contribution in [0, 0.1) is 0 Å². The molecule has 6 nitrogen and oxygen atoms in total. The predicted octanol–water partition coefficient (Wildman–Crippen LogP) is 3.77. The van der Waals surface area contributed by atoms with E-state index in [9.17, 15) is 9.59 Å². The van der Waals surface area contributed by atoms with E-state index in [1.54, 1.807) is 38.3 Å². The smallest absolute Gasteiger partial charge is 0.265 e. The number of amides is 2. The van der Waals surface area contributed by atoms with Crippen molar-refractivity contribution in [3.8, 4) is 5.75 Å². The molecule has 0 aliphatic heterocycles. The molecule has 0 radical (unpaired) electrons. The van der Waals surface area contributed by atoms with Crippen molar-refractivity contribution in [1.82, 2.24) is 5.32 Å². The van der Waals surface area contributed by atoms with Gasteiger partial charge in [0.1, 0.15) is 5.75 Å². The summed E-state index contributed by atoms with van der Waals surface area (Å²) >= 11 is 0. The van der Waals surface area contributed by atoms with Crippen LogP contribution in [0.4, 0.5) is 5.69 Å². The number of carbonyl (C=O) groups excluding carboxylic acids is 2. The van der Waals surface area contributed by atoms with Gasteiger partial charge in [-0.3, -0.25) is 9.59 Å². The van der Waals surface area contributed by atoms with Crippen LogP contribution in [-0.4, -0.2) is 38.2 Å². The van der Waals surface area contributed by atoms with Gasteiger partial charge in [-0.1, -0.05) is 32.9 Å². The minimum absolute atomic E-state index is 0.0639. The molecular weight excluding hydrogens is 368 g/mol. The highest BCUT2D eigenvalue weighted by molar-refractivity contribution is 5.96. The highest BCUT2D eigenvalue weighted by Gasteiger charge is 2.17. The fraction of sp³-hybridized carbons (Fsp3) is 0.391. The molecule has 0 saturated carbocycles. The lowest BCUT2D eigenvalue weighted by Crippen LogP contribution is -2.30. The molecule has 0 fully saturated rings. The number of rotatable bonds is 8. The summed E-state index contributed by atoms with van der Waals surface area (Å²) in [4.78, 5) is 24.4. The average Bonchev–Trinajstić information content (AvgIpc) is 2.68. The van der Waals surface area contributed by atoms with E-state index in [2.05, 4.69) is 31.4 Å². The Bertz CT molecular complexity index is 808. The minimum Gasteiger partial charge on any atom is -0.481 e. The van der Waals surface area contributed by atoms with Gasteiger partial charge in [-0.25, -0.2) is 0 Å². The first-order valence-electron chi connectivity index (χ1n) is 9.66. The number of hydrogen-bond donors (Lipinski definition) is 2. The quantitative estimate of drug-likeness (QED) is 0.664. The van der Waals surface area contributed by atoms with Crippen LogP contribution in [0.5, 0.6) is 5.75 Å². The zero-order valence-corrected chi connectivity index (χ0v) is 17.7. The summed E-state index contributed by atoms with van der Waals surface area (Å²) in [7, 11) is 1.58. The first-order valence-corrected chi connectivity index (χ1v) is 9.66. The Morgan fingerprint density at radius 3 is 2.17 bits per heavy atom. The van der Waals surface area contributed by atoms with Gasteiger partial charge in [-0.05, 0) is 54.3 Å². The van der Waals surface area contributed by atoms with E-state index in [1.807, 2.05) is 24.3 Å². The van der Waals surface area contributed by atoms with Gasteiger partial charge in [0.15, 0.2) is 6.10 Å². The molecule has 1 atom stereocenters. The Morgan fingerprint density at radius 1 is 1.00 bits per heavy atom. The Balaban J connectivity index is 1.89. The van der Waals surface area contributed by atoms with Gasteiger partial charge < -0.3 is 20.1 Å². The van der Waals surface area contributed by atoms with Gasteiger partial charge >= 0.3 is 0 Å². The number of hydrogen-bond acceptors (Lipinski definition) is 4. The van der Waals surface area contributed by atoms with Crippen LogP contribution in [0.1, 0.15) is 43.6 Å². The summed E-state index contributed by atoms with van der Waals surface area (Å²) in [5, 5.41) is 5.55. The highest BCUT2D eigenvalue weighted by atomic mass is 16.5. The van der Waals surface area contributed by atoms with E-state index in [4.69, 9.17) is 9.47 Å². The fourth-order valence-corrected chi connectivity index (χ4v) is 2.61.